The first kappa shape index (κ1) is 22.3. The molecule has 6 nitrogen and oxygen atoms in total. The lowest BCUT2D eigenvalue weighted by Gasteiger charge is -2.37. The van der Waals surface area contributed by atoms with Crippen LogP contribution in [0.5, 0.6) is 11.5 Å². The summed E-state index contributed by atoms with van der Waals surface area (Å²) in [5, 5.41) is 3.47. The Hall–Kier alpha value is -3.54. The first-order valence-corrected chi connectivity index (χ1v) is 12.3. The van der Waals surface area contributed by atoms with E-state index in [4.69, 9.17) is 10.5 Å². The van der Waals surface area contributed by atoms with Gasteiger partial charge in [0.05, 0.1) is 5.69 Å². The van der Waals surface area contributed by atoms with Crippen molar-refractivity contribution in [1.29, 1.82) is 0 Å². The van der Waals surface area contributed by atoms with Gasteiger partial charge in [0.2, 0.25) is 5.91 Å². The standard InChI is InChI=1S/C28H32N4O2/c29-27-26(31-23-11-13-25(14-12-23)34-24-9-2-1-3-10-24)22(15-16-30-27)18-20-6-5-17-32(19-20)28(33)21-7-4-8-21/h1-3,9-16,20-21,31H,4-8,17-19H2,(H2,29,30)/t20-/m0/s1. The molecule has 2 aromatic carbocycles. The number of para-hydroxylation sites is 1. The summed E-state index contributed by atoms with van der Waals surface area (Å²) in [6.07, 6.45) is 8.15. The molecule has 34 heavy (non-hydrogen) atoms. The first-order chi connectivity index (χ1) is 16.7. The molecule has 5 rings (SSSR count). The van der Waals surface area contributed by atoms with Gasteiger partial charge in [0.25, 0.3) is 0 Å². The average molecular weight is 457 g/mol. The van der Waals surface area contributed by atoms with Gasteiger partial charge in [-0.2, -0.15) is 0 Å². The molecule has 1 amide bonds. The van der Waals surface area contributed by atoms with E-state index in [0.29, 0.717) is 17.6 Å². The smallest absolute Gasteiger partial charge is 0.225 e. The van der Waals surface area contributed by atoms with Gasteiger partial charge in [-0.25, -0.2) is 4.98 Å². The Morgan fingerprint density at radius 3 is 2.50 bits per heavy atom. The zero-order chi connectivity index (χ0) is 23.3. The summed E-state index contributed by atoms with van der Waals surface area (Å²) in [6.45, 7) is 1.73. The maximum atomic E-state index is 12.8. The van der Waals surface area contributed by atoms with Crippen molar-refractivity contribution in [1.82, 2.24) is 9.88 Å². The monoisotopic (exact) mass is 456 g/mol. The normalized spacial score (nSPS) is 18.2. The van der Waals surface area contributed by atoms with Crippen molar-refractivity contribution >= 4 is 23.1 Å². The predicted octanol–water partition coefficient (Wildman–Crippen LogP) is 5.78. The fraction of sp³-hybridized carbons (Fsp3) is 0.357. The van der Waals surface area contributed by atoms with Gasteiger partial charge >= 0.3 is 0 Å². The van der Waals surface area contributed by atoms with Crippen molar-refractivity contribution in [2.24, 2.45) is 11.8 Å². The van der Waals surface area contributed by atoms with Crippen LogP contribution < -0.4 is 15.8 Å². The molecule has 0 bridgehead atoms. The number of aromatic nitrogens is 1. The molecule has 1 saturated heterocycles. The van der Waals surface area contributed by atoms with Crippen LogP contribution in [0.1, 0.15) is 37.7 Å². The summed E-state index contributed by atoms with van der Waals surface area (Å²) in [7, 11) is 0. The van der Waals surface area contributed by atoms with E-state index in [1.807, 2.05) is 60.7 Å². The number of piperidine rings is 1. The molecule has 1 atom stereocenters. The first-order valence-electron chi connectivity index (χ1n) is 12.3. The summed E-state index contributed by atoms with van der Waals surface area (Å²) in [5.74, 6) is 3.12. The number of carbonyl (C=O) groups is 1. The van der Waals surface area contributed by atoms with E-state index in [1.54, 1.807) is 6.20 Å². The molecule has 1 aliphatic carbocycles. The van der Waals surface area contributed by atoms with E-state index in [1.165, 1.54) is 6.42 Å². The van der Waals surface area contributed by atoms with Crippen LogP contribution in [0.4, 0.5) is 17.2 Å². The Balaban J connectivity index is 1.26. The molecule has 1 aliphatic heterocycles. The second-order valence-electron chi connectivity index (χ2n) is 9.42. The van der Waals surface area contributed by atoms with Crippen molar-refractivity contribution in [3.8, 4) is 11.5 Å². The number of hydrogen-bond donors (Lipinski definition) is 2. The van der Waals surface area contributed by atoms with Crippen LogP contribution in [0.25, 0.3) is 0 Å². The predicted molar refractivity (Wildman–Crippen MR) is 135 cm³/mol. The van der Waals surface area contributed by atoms with Crippen LogP contribution in [0.2, 0.25) is 0 Å². The van der Waals surface area contributed by atoms with Gasteiger partial charge in [0.1, 0.15) is 17.3 Å². The molecule has 2 heterocycles. The Labute approximate surface area is 201 Å². The van der Waals surface area contributed by atoms with E-state index in [0.717, 1.165) is 73.6 Å². The molecule has 3 N–H and O–H groups in total. The molecular weight excluding hydrogens is 424 g/mol. The lowest BCUT2D eigenvalue weighted by Crippen LogP contribution is -2.45. The summed E-state index contributed by atoms with van der Waals surface area (Å²) >= 11 is 0. The van der Waals surface area contributed by atoms with Gasteiger partial charge in [0, 0.05) is 30.9 Å². The third-order valence-electron chi connectivity index (χ3n) is 6.96. The van der Waals surface area contributed by atoms with Crippen LogP contribution in [0, 0.1) is 11.8 Å². The van der Waals surface area contributed by atoms with Gasteiger partial charge < -0.3 is 20.7 Å². The Kier molecular flexibility index (Phi) is 6.65. The number of nitrogen functional groups attached to an aromatic ring is 1. The lowest BCUT2D eigenvalue weighted by atomic mass is 9.83. The van der Waals surface area contributed by atoms with E-state index in [2.05, 4.69) is 15.2 Å². The largest absolute Gasteiger partial charge is 0.457 e. The Bertz CT molecular complexity index is 1110. The van der Waals surface area contributed by atoms with Crippen LogP contribution in [0.15, 0.2) is 66.9 Å². The van der Waals surface area contributed by atoms with E-state index >= 15 is 0 Å². The summed E-state index contributed by atoms with van der Waals surface area (Å²) in [4.78, 5) is 19.2. The molecular formula is C28H32N4O2. The highest BCUT2D eigenvalue weighted by molar-refractivity contribution is 5.79. The fourth-order valence-electron chi connectivity index (χ4n) is 4.87. The number of hydrogen-bond acceptors (Lipinski definition) is 5. The third kappa shape index (κ3) is 5.16. The molecule has 176 valence electrons. The zero-order valence-corrected chi connectivity index (χ0v) is 19.5. The number of pyridine rings is 1. The topological polar surface area (TPSA) is 80.5 Å². The molecule has 6 heteroatoms. The highest BCUT2D eigenvalue weighted by atomic mass is 16.5. The quantitative estimate of drug-likeness (QED) is 0.471. The van der Waals surface area contributed by atoms with Crippen molar-refractivity contribution < 1.29 is 9.53 Å². The number of amides is 1. The van der Waals surface area contributed by atoms with Gasteiger partial charge in [-0.05, 0) is 86.1 Å². The van der Waals surface area contributed by atoms with Crippen LogP contribution >= 0.6 is 0 Å². The van der Waals surface area contributed by atoms with Crippen molar-refractivity contribution in [2.45, 2.75) is 38.5 Å². The SMILES string of the molecule is Nc1nccc(C[C@@H]2CCCN(C(=O)C3CCC3)C2)c1Nc1ccc(Oc2ccccc2)cc1. The lowest BCUT2D eigenvalue weighted by molar-refractivity contribution is -0.140. The molecule has 1 saturated carbocycles. The average Bonchev–Trinajstić information content (AvgIpc) is 2.82. The zero-order valence-electron chi connectivity index (χ0n) is 19.5. The molecule has 1 aromatic heterocycles. The van der Waals surface area contributed by atoms with E-state index < -0.39 is 0 Å². The molecule has 0 spiro atoms. The third-order valence-corrected chi connectivity index (χ3v) is 6.96. The molecule has 2 aliphatic rings. The number of nitrogens with one attached hydrogen (secondary N) is 1. The number of ether oxygens (including phenoxy) is 1. The maximum Gasteiger partial charge on any atom is 0.225 e. The summed E-state index contributed by atoms with van der Waals surface area (Å²) in [6, 6.07) is 19.6. The highest BCUT2D eigenvalue weighted by Gasteiger charge is 2.32. The minimum atomic E-state index is 0.265. The maximum absolute atomic E-state index is 12.8. The van der Waals surface area contributed by atoms with Gasteiger partial charge in [0.15, 0.2) is 0 Å². The van der Waals surface area contributed by atoms with Gasteiger partial charge in [-0.1, -0.05) is 24.6 Å². The fourth-order valence-corrected chi connectivity index (χ4v) is 4.87. The van der Waals surface area contributed by atoms with E-state index in [9.17, 15) is 4.79 Å². The van der Waals surface area contributed by atoms with Crippen molar-refractivity contribution in [3.05, 3.63) is 72.4 Å². The van der Waals surface area contributed by atoms with E-state index in [-0.39, 0.29) is 5.92 Å². The number of anilines is 3. The molecule has 0 radical (unpaired) electrons. The Morgan fingerprint density at radius 1 is 1.00 bits per heavy atom. The number of rotatable bonds is 7. The van der Waals surface area contributed by atoms with Gasteiger partial charge in [-0.3, -0.25) is 4.79 Å². The van der Waals surface area contributed by atoms with Crippen LogP contribution in [-0.4, -0.2) is 28.9 Å². The molecule has 2 fully saturated rings. The van der Waals surface area contributed by atoms with Crippen molar-refractivity contribution in [2.75, 3.05) is 24.1 Å². The van der Waals surface area contributed by atoms with Crippen LogP contribution in [-0.2, 0) is 11.2 Å². The number of carbonyl (C=O) groups excluding carboxylic acids is 1. The molecule has 3 aromatic rings. The summed E-state index contributed by atoms with van der Waals surface area (Å²) in [5.41, 5.74) is 9.20. The van der Waals surface area contributed by atoms with Crippen molar-refractivity contribution in [3.63, 3.8) is 0 Å². The van der Waals surface area contributed by atoms with Crippen LogP contribution in [0.3, 0.4) is 0 Å². The number of likely N-dealkylation sites (tertiary alicyclic amines) is 1. The molecule has 0 unspecified atom stereocenters. The number of nitrogens with zero attached hydrogens (tertiary/aromatic N) is 2. The highest BCUT2D eigenvalue weighted by Crippen LogP contribution is 2.33. The second kappa shape index (κ2) is 10.2. The minimum Gasteiger partial charge on any atom is -0.457 e. The Morgan fingerprint density at radius 2 is 1.76 bits per heavy atom. The second-order valence-corrected chi connectivity index (χ2v) is 9.42. The number of nitrogens with two attached hydrogens (primary N) is 1. The van der Waals surface area contributed by atoms with Gasteiger partial charge in [-0.15, -0.1) is 0 Å². The minimum absolute atomic E-state index is 0.265. The summed E-state index contributed by atoms with van der Waals surface area (Å²) < 4.78 is 5.89. The number of benzene rings is 2.